The molecule has 0 spiro atoms. The van der Waals surface area contributed by atoms with Crippen LogP contribution < -0.4 is 5.32 Å². The fraction of sp³-hybridized carbons (Fsp3) is 0.833. The molecule has 1 aliphatic carbocycles. The average Bonchev–Trinajstić information content (AvgIpc) is 2.78. The minimum atomic E-state index is -1.45. The van der Waals surface area contributed by atoms with Crippen LogP contribution in [0.1, 0.15) is 46.0 Å². The average molecular weight is 275 g/mol. The van der Waals surface area contributed by atoms with Crippen molar-refractivity contribution in [2.75, 3.05) is 0 Å². The van der Waals surface area contributed by atoms with Gasteiger partial charge in [-0.25, -0.2) is 0 Å². The van der Waals surface area contributed by atoms with Crippen molar-refractivity contribution in [3.8, 4) is 0 Å². The van der Waals surface area contributed by atoms with Crippen molar-refractivity contribution >= 4 is 22.7 Å². The third-order valence-electron chi connectivity index (χ3n) is 3.28. The Balaban J connectivity index is 2.46. The zero-order valence-corrected chi connectivity index (χ0v) is 11.7. The lowest BCUT2D eigenvalue weighted by molar-refractivity contribution is -0.137. The SMILES string of the molecule is CC(CC(=O)O)S(=O)C(C)C(=O)NC1CCCC1. The van der Waals surface area contributed by atoms with Gasteiger partial charge in [0.2, 0.25) is 5.91 Å². The largest absolute Gasteiger partial charge is 0.481 e. The predicted octanol–water partition coefficient (Wildman–Crippen LogP) is 1.05. The smallest absolute Gasteiger partial charge is 0.304 e. The third-order valence-corrected chi connectivity index (χ3v) is 5.15. The Bertz CT molecular complexity index is 339. The zero-order valence-electron chi connectivity index (χ0n) is 10.8. The first kappa shape index (κ1) is 15.1. The summed E-state index contributed by atoms with van der Waals surface area (Å²) in [5.41, 5.74) is 0. The molecule has 0 aromatic rings. The molecule has 0 radical (unpaired) electrons. The second-order valence-corrected chi connectivity index (χ2v) is 7.04. The first-order valence-corrected chi connectivity index (χ1v) is 7.61. The second kappa shape index (κ2) is 6.87. The Kier molecular flexibility index (Phi) is 5.78. The fourth-order valence-corrected chi connectivity index (χ4v) is 3.45. The molecular formula is C12H21NO4S. The fourth-order valence-electron chi connectivity index (χ4n) is 2.17. The van der Waals surface area contributed by atoms with Crippen LogP contribution in [0.3, 0.4) is 0 Å². The van der Waals surface area contributed by atoms with Crippen molar-refractivity contribution in [2.24, 2.45) is 0 Å². The first-order chi connectivity index (χ1) is 8.41. The van der Waals surface area contributed by atoms with E-state index in [-0.39, 0.29) is 18.4 Å². The highest BCUT2D eigenvalue weighted by molar-refractivity contribution is 7.87. The molecule has 2 N–H and O–H groups in total. The van der Waals surface area contributed by atoms with Gasteiger partial charge in [-0.15, -0.1) is 0 Å². The minimum absolute atomic E-state index is 0.173. The van der Waals surface area contributed by atoms with E-state index in [2.05, 4.69) is 5.32 Å². The van der Waals surface area contributed by atoms with Gasteiger partial charge in [-0.05, 0) is 19.8 Å². The van der Waals surface area contributed by atoms with E-state index >= 15 is 0 Å². The van der Waals surface area contributed by atoms with E-state index in [0.717, 1.165) is 25.7 Å². The summed E-state index contributed by atoms with van der Waals surface area (Å²) >= 11 is 0. The van der Waals surface area contributed by atoms with Crippen LogP contribution in [0.15, 0.2) is 0 Å². The van der Waals surface area contributed by atoms with E-state index in [1.165, 1.54) is 0 Å². The quantitative estimate of drug-likeness (QED) is 0.759. The van der Waals surface area contributed by atoms with Gasteiger partial charge in [0.25, 0.3) is 0 Å². The molecule has 1 saturated carbocycles. The monoisotopic (exact) mass is 275 g/mol. The molecule has 18 heavy (non-hydrogen) atoms. The number of rotatable bonds is 6. The molecule has 1 fully saturated rings. The summed E-state index contributed by atoms with van der Waals surface area (Å²) in [6.07, 6.45) is 4.04. The lowest BCUT2D eigenvalue weighted by Crippen LogP contribution is -2.42. The van der Waals surface area contributed by atoms with Gasteiger partial charge in [-0.1, -0.05) is 19.8 Å². The summed E-state index contributed by atoms with van der Waals surface area (Å²) in [5.74, 6) is -1.21. The molecule has 0 aromatic heterocycles. The number of nitrogens with one attached hydrogen (secondary N) is 1. The molecule has 1 rings (SSSR count). The van der Waals surface area contributed by atoms with Gasteiger partial charge in [0.15, 0.2) is 0 Å². The number of amides is 1. The molecular weight excluding hydrogens is 254 g/mol. The summed E-state index contributed by atoms with van der Waals surface area (Å²) in [5, 5.41) is 10.4. The molecule has 0 aliphatic heterocycles. The van der Waals surface area contributed by atoms with Gasteiger partial charge < -0.3 is 10.4 Å². The number of hydrogen-bond acceptors (Lipinski definition) is 3. The number of carboxylic acid groups (broad SMARTS) is 1. The molecule has 5 nitrogen and oxygen atoms in total. The lowest BCUT2D eigenvalue weighted by atomic mass is 10.2. The van der Waals surface area contributed by atoms with Crippen LogP contribution in [0.2, 0.25) is 0 Å². The standard InChI is InChI=1S/C12H21NO4S/c1-8(7-11(14)15)18(17)9(2)12(16)13-10-5-3-4-6-10/h8-10H,3-7H2,1-2H3,(H,13,16)(H,14,15). The molecule has 1 amide bonds. The Morgan fingerprint density at radius 3 is 2.39 bits per heavy atom. The third kappa shape index (κ3) is 4.40. The molecule has 0 heterocycles. The maximum Gasteiger partial charge on any atom is 0.304 e. The molecule has 6 heteroatoms. The van der Waals surface area contributed by atoms with Crippen LogP contribution in [0.25, 0.3) is 0 Å². The van der Waals surface area contributed by atoms with Crippen LogP contribution in [0.5, 0.6) is 0 Å². The van der Waals surface area contributed by atoms with Gasteiger partial charge in [0.05, 0.1) is 6.42 Å². The van der Waals surface area contributed by atoms with Crippen LogP contribution >= 0.6 is 0 Å². The van der Waals surface area contributed by atoms with Crippen molar-refractivity contribution in [2.45, 2.75) is 62.5 Å². The summed E-state index contributed by atoms with van der Waals surface area (Å²) < 4.78 is 12.0. The predicted molar refractivity (Wildman–Crippen MR) is 69.7 cm³/mol. The summed E-state index contributed by atoms with van der Waals surface area (Å²) in [7, 11) is -1.45. The topological polar surface area (TPSA) is 83.5 Å². The maximum atomic E-state index is 12.0. The highest BCUT2D eigenvalue weighted by atomic mass is 32.2. The van der Waals surface area contributed by atoms with E-state index in [4.69, 9.17) is 5.11 Å². The number of hydrogen-bond donors (Lipinski definition) is 2. The summed E-state index contributed by atoms with van der Waals surface area (Å²) in [4.78, 5) is 22.4. The van der Waals surface area contributed by atoms with Gasteiger partial charge in [-0.3, -0.25) is 13.8 Å². The van der Waals surface area contributed by atoms with E-state index in [1.54, 1.807) is 13.8 Å². The molecule has 3 unspecified atom stereocenters. The molecule has 0 aromatic carbocycles. The Morgan fingerprint density at radius 2 is 1.89 bits per heavy atom. The Hall–Kier alpha value is -0.910. The maximum absolute atomic E-state index is 12.0. The van der Waals surface area contributed by atoms with Crippen LogP contribution in [-0.2, 0) is 20.4 Å². The number of aliphatic carboxylic acids is 1. The first-order valence-electron chi connectivity index (χ1n) is 6.33. The molecule has 3 atom stereocenters. The van der Waals surface area contributed by atoms with E-state index in [0.29, 0.717) is 0 Å². The highest BCUT2D eigenvalue weighted by Crippen LogP contribution is 2.18. The number of carbonyl (C=O) groups excluding carboxylic acids is 1. The van der Waals surface area contributed by atoms with Crippen molar-refractivity contribution in [3.05, 3.63) is 0 Å². The molecule has 1 aliphatic rings. The Morgan fingerprint density at radius 1 is 1.33 bits per heavy atom. The van der Waals surface area contributed by atoms with E-state index in [9.17, 15) is 13.8 Å². The molecule has 0 saturated heterocycles. The van der Waals surface area contributed by atoms with Gasteiger partial charge >= 0.3 is 5.97 Å². The Labute approximate surface area is 110 Å². The number of carboxylic acids is 1. The molecule has 0 bridgehead atoms. The van der Waals surface area contributed by atoms with E-state index < -0.39 is 27.3 Å². The van der Waals surface area contributed by atoms with Crippen LogP contribution in [0.4, 0.5) is 0 Å². The summed E-state index contributed by atoms with van der Waals surface area (Å²) in [6.45, 7) is 3.20. The summed E-state index contributed by atoms with van der Waals surface area (Å²) in [6, 6.07) is 0.201. The van der Waals surface area contributed by atoms with Crippen molar-refractivity contribution < 1.29 is 18.9 Å². The number of carbonyl (C=O) groups is 2. The van der Waals surface area contributed by atoms with Crippen molar-refractivity contribution in [1.29, 1.82) is 0 Å². The normalized spacial score (nSPS) is 21.2. The minimum Gasteiger partial charge on any atom is -0.481 e. The second-order valence-electron chi connectivity index (χ2n) is 4.87. The van der Waals surface area contributed by atoms with E-state index in [1.807, 2.05) is 0 Å². The van der Waals surface area contributed by atoms with Crippen LogP contribution in [0, 0.1) is 0 Å². The lowest BCUT2D eigenvalue weighted by Gasteiger charge is -2.18. The van der Waals surface area contributed by atoms with Crippen molar-refractivity contribution in [1.82, 2.24) is 5.32 Å². The van der Waals surface area contributed by atoms with Crippen LogP contribution in [-0.4, -0.2) is 37.7 Å². The van der Waals surface area contributed by atoms with Crippen molar-refractivity contribution in [3.63, 3.8) is 0 Å². The van der Waals surface area contributed by atoms with Gasteiger partial charge in [-0.2, -0.15) is 0 Å². The molecule has 104 valence electrons. The highest BCUT2D eigenvalue weighted by Gasteiger charge is 2.28. The van der Waals surface area contributed by atoms with Gasteiger partial charge in [0, 0.05) is 22.1 Å². The zero-order chi connectivity index (χ0) is 13.7. The van der Waals surface area contributed by atoms with Gasteiger partial charge in [0.1, 0.15) is 5.25 Å².